The number of amides is 2. The molecule has 1 saturated heterocycles. The van der Waals surface area contributed by atoms with Gasteiger partial charge in [0.05, 0.1) is 5.92 Å². The van der Waals surface area contributed by atoms with Gasteiger partial charge in [-0.2, -0.15) is 0 Å². The van der Waals surface area contributed by atoms with Crippen molar-refractivity contribution in [3.8, 4) is 0 Å². The SMILES string of the molecule is O=C(NCCCO)C1CC(=O)N(c2cc(Cl)cc(Cl)c2)C1. The van der Waals surface area contributed by atoms with E-state index in [1.807, 2.05) is 0 Å². The van der Waals surface area contributed by atoms with Crippen LogP contribution in [0.3, 0.4) is 0 Å². The Balaban J connectivity index is 2.04. The van der Waals surface area contributed by atoms with Crippen molar-refractivity contribution < 1.29 is 14.7 Å². The van der Waals surface area contributed by atoms with Gasteiger partial charge < -0.3 is 15.3 Å². The van der Waals surface area contributed by atoms with Crippen LogP contribution in [0, 0.1) is 5.92 Å². The average Bonchev–Trinajstić information content (AvgIpc) is 2.80. The topological polar surface area (TPSA) is 69.6 Å². The smallest absolute Gasteiger partial charge is 0.227 e. The summed E-state index contributed by atoms with van der Waals surface area (Å²) in [6.07, 6.45) is 0.662. The van der Waals surface area contributed by atoms with Gasteiger partial charge in [-0.05, 0) is 24.6 Å². The minimum atomic E-state index is -0.394. The number of carbonyl (C=O) groups is 2. The van der Waals surface area contributed by atoms with Gasteiger partial charge in [-0.1, -0.05) is 23.2 Å². The van der Waals surface area contributed by atoms with Gasteiger partial charge in [0, 0.05) is 41.8 Å². The highest BCUT2D eigenvalue weighted by Crippen LogP contribution is 2.30. The van der Waals surface area contributed by atoms with Crippen molar-refractivity contribution in [3.63, 3.8) is 0 Å². The summed E-state index contributed by atoms with van der Waals surface area (Å²) in [4.78, 5) is 25.5. The third kappa shape index (κ3) is 4.09. The Bertz CT molecular complexity index is 531. The molecule has 0 aromatic heterocycles. The molecule has 7 heteroatoms. The molecule has 1 atom stereocenters. The fraction of sp³-hybridized carbons (Fsp3) is 0.429. The van der Waals surface area contributed by atoms with Crippen molar-refractivity contribution in [1.82, 2.24) is 5.32 Å². The summed E-state index contributed by atoms with van der Waals surface area (Å²) in [5.41, 5.74) is 0.600. The quantitative estimate of drug-likeness (QED) is 0.809. The maximum Gasteiger partial charge on any atom is 0.227 e. The van der Waals surface area contributed by atoms with Gasteiger partial charge in [-0.3, -0.25) is 9.59 Å². The van der Waals surface area contributed by atoms with Crippen LogP contribution < -0.4 is 10.2 Å². The van der Waals surface area contributed by atoms with Crippen LogP contribution in [-0.2, 0) is 9.59 Å². The molecule has 1 aliphatic rings. The fourth-order valence-electron chi connectivity index (χ4n) is 2.26. The zero-order valence-electron chi connectivity index (χ0n) is 11.3. The first-order valence-electron chi connectivity index (χ1n) is 6.66. The molecule has 1 aromatic carbocycles. The first-order valence-corrected chi connectivity index (χ1v) is 7.42. The molecule has 114 valence electrons. The van der Waals surface area contributed by atoms with Crippen molar-refractivity contribution >= 4 is 40.7 Å². The number of halogens is 2. The van der Waals surface area contributed by atoms with Gasteiger partial charge >= 0.3 is 0 Å². The highest BCUT2D eigenvalue weighted by molar-refractivity contribution is 6.35. The molecule has 0 bridgehead atoms. The number of carbonyl (C=O) groups excluding carboxylic acids is 2. The monoisotopic (exact) mass is 330 g/mol. The third-order valence-corrected chi connectivity index (χ3v) is 3.73. The molecule has 2 amide bonds. The van der Waals surface area contributed by atoms with Gasteiger partial charge in [0.2, 0.25) is 11.8 Å². The fourth-order valence-corrected chi connectivity index (χ4v) is 2.78. The second-order valence-electron chi connectivity index (χ2n) is 4.90. The first-order chi connectivity index (χ1) is 10.0. The van der Waals surface area contributed by atoms with E-state index in [0.29, 0.717) is 35.2 Å². The Morgan fingerprint density at radius 3 is 2.62 bits per heavy atom. The predicted molar refractivity (Wildman–Crippen MR) is 81.6 cm³/mol. The number of aliphatic hydroxyl groups excluding tert-OH is 1. The molecule has 0 spiro atoms. The molecule has 2 rings (SSSR count). The number of nitrogens with one attached hydrogen (secondary N) is 1. The summed E-state index contributed by atoms with van der Waals surface area (Å²) in [6.45, 7) is 0.737. The second kappa shape index (κ2) is 7.11. The van der Waals surface area contributed by atoms with Crippen molar-refractivity contribution in [3.05, 3.63) is 28.2 Å². The normalized spacial score (nSPS) is 18.1. The third-order valence-electron chi connectivity index (χ3n) is 3.29. The van der Waals surface area contributed by atoms with E-state index in [1.54, 1.807) is 18.2 Å². The summed E-state index contributed by atoms with van der Waals surface area (Å²) in [7, 11) is 0. The summed E-state index contributed by atoms with van der Waals surface area (Å²) in [5.74, 6) is -0.697. The van der Waals surface area contributed by atoms with Crippen LogP contribution >= 0.6 is 23.2 Å². The number of benzene rings is 1. The lowest BCUT2D eigenvalue weighted by Crippen LogP contribution is -2.33. The van der Waals surface area contributed by atoms with Crippen molar-refractivity contribution in [1.29, 1.82) is 0 Å². The van der Waals surface area contributed by atoms with Crippen molar-refractivity contribution in [2.45, 2.75) is 12.8 Å². The summed E-state index contributed by atoms with van der Waals surface area (Å²) in [6, 6.07) is 4.89. The highest BCUT2D eigenvalue weighted by atomic mass is 35.5. The molecule has 0 aliphatic carbocycles. The maximum absolute atomic E-state index is 12.1. The number of hydrogen-bond donors (Lipinski definition) is 2. The zero-order valence-corrected chi connectivity index (χ0v) is 12.8. The minimum absolute atomic E-state index is 0.0248. The predicted octanol–water partition coefficient (Wildman–Crippen LogP) is 1.84. The Labute approximate surface area is 132 Å². The number of nitrogens with zero attached hydrogens (tertiary/aromatic N) is 1. The van der Waals surface area contributed by atoms with E-state index in [1.165, 1.54) is 4.90 Å². The van der Waals surface area contributed by atoms with Gasteiger partial charge in [-0.25, -0.2) is 0 Å². The summed E-state index contributed by atoms with van der Waals surface area (Å²) < 4.78 is 0. The molecule has 1 fully saturated rings. The van der Waals surface area contributed by atoms with E-state index in [0.717, 1.165) is 0 Å². The molecular formula is C14H16Cl2N2O3. The van der Waals surface area contributed by atoms with Crippen LogP contribution in [0.2, 0.25) is 10.0 Å². The average molecular weight is 331 g/mol. The summed E-state index contributed by atoms with van der Waals surface area (Å²) >= 11 is 11.9. The minimum Gasteiger partial charge on any atom is -0.396 e. The molecule has 1 aromatic rings. The number of rotatable bonds is 5. The largest absolute Gasteiger partial charge is 0.396 e. The van der Waals surface area contributed by atoms with Gasteiger partial charge in [0.1, 0.15) is 0 Å². The lowest BCUT2D eigenvalue weighted by Gasteiger charge is -2.17. The lowest BCUT2D eigenvalue weighted by molar-refractivity contribution is -0.126. The van der Waals surface area contributed by atoms with E-state index < -0.39 is 5.92 Å². The molecule has 5 nitrogen and oxygen atoms in total. The van der Waals surface area contributed by atoms with Crippen molar-refractivity contribution in [2.75, 3.05) is 24.6 Å². The van der Waals surface area contributed by atoms with E-state index in [9.17, 15) is 9.59 Å². The van der Waals surface area contributed by atoms with Crippen LogP contribution in [0.15, 0.2) is 18.2 Å². The molecular weight excluding hydrogens is 315 g/mol. The molecule has 1 unspecified atom stereocenters. The van der Waals surface area contributed by atoms with Crippen LogP contribution in [0.25, 0.3) is 0 Å². The highest BCUT2D eigenvalue weighted by Gasteiger charge is 2.35. The Morgan fingerprint density at radius 2 is 2.00 bits per heavy atom. The zero-order chi connectivity index (χ0) is 15.4. The molecule has 2 N–H and O–H groups in total. The number of anilines is 1. The summed E-state index contributed by atoms with van der Waals surface area (Å²) in [5, 5.41) is 12.3. The number of aliphatic hydroxyl groups is 1. The second-order valence-corrected chi connectivity index (χ2v) is 5.77. The van der Waals surface area contributed by atoms with Crippen LogP contribution in [0.1, 0.15) is 12.8 Å². The van der Waals surface area contributed by atoms with Gasteiger partial charge in [0.15, 0.2) is 0 Å². The Kier molecular flexibility index (Phi) is 5.45. The Morgan fingerprint density at radius 1 is 1.33 bits per heavy atom. The van der Waals surface area contributed by atoms with Gasteiger partial charge in [0.25, 0.3) is 0 Å². The first kappa shape index (κ1) is 16.1. The maximum atomic E-state index is 12.1. The van der Waals surface area contributed by atoms with E-state index >= 15 is 0 Å². The molecule has 21 heavy (non-hydrogen) atoms. The molecule has 1 aliphatic heterocycles. The van der Waals surface area contributed by atoms with Crippen LogP contribution in [0.4, 0.5) is 5.69 Å². The lowest BCUT2D eigenvalue weighted by atomic mass is 10.1. The number of hydrogen-bond acceptors (Lipinski definition) is 3. The van der Waals surface area contributed by atoms with Crippen LogP contribution in [0.5, 0.6) is 0 Å². The van der Waals surface area contributed by atoms with E-state index in [-0.39, 0.29) is 24.8 Å². The molecule has 0 saturated carbocycles. The standard InChI is InChI=1S/C14H16Cl2N2O3/c15-10-5-11(16)7-12(6-10)18-8-9(4-13(18)20)14(21)17-2-1-3-19/h5-7,9,19H,1-4,8H2,(H,17,21). The van der Waals surface area contributed by atoms with Gasteiger partial charge in [-0.15, -0.1) is 0 Å². The molecule has 1 heterocycles. The van der Waals surface area contributed by atoms with E-state index in [2.05, 4.69) is 5.32 Å². The molecule has 0 radical (unpaired) electrons. The van der Waals surface area contributed by atoms with E-state index in [4.69, 9.17) is 28.3 Å². The Hall–Kier alpha value is -1.30. The van der Waals surface area contributed by atoms with Crippen molar-refractivity contribution in [2.24, 2.45) is 5.92 Å². The van der Waals surface area contributed by atoms with Crippen LogP contribution in [-0.4, -0.2) is 36.6 Å².